The van der Waals surface area contributed by atoms with Crippen LogP contribution in [-0.4, -0.2) is 31.9 Å². The van der Waals surface area contributed by atoms with Crippen LogP contribution < -0.4 is 0 Å². The Morgan fingerprint density at radius 2 is 2.32 bits per heavy atom. The lowest BCUT2D eigenvalue weighted by Gasteiger charge is -2.23. The smallest absolute Gasteiger partial charge is 0.220 e. The fourth-order valence-electron chi connectivity index (χ4n) is 2.61. The van der Waals surface area contributed by atoms with E-state index in [2.05, 4.69) is 9.97 Å². The summed E-state index contributed by atoms with van der Waals surface area (Å²) in [6.07, 6.45) is 7.35. The molecule has 3 rings (SSSR count). The molecule has 0 N–H and O–H groups in total. The Morgan fingerprint density at radius 1 is 1.42 bits per heavy atom. The molecule has 0 aromatic carbocycles. The van der Waals surface area contributed by atoms with Gasteiger partial charge in [0.25, 0.3) is 0 Å². The number of rotatable bonds is 2. The highest BCUT2D eigenvalue weighted by molar-refractivity contribution is 5.74. The number of hydrogen-bond donors (Lipinski definition) is 0. The molecular formula is C14H16N4O. The van der Waals surface area contributed by atoms with E-state index in [1.54, 1.807) is 19.4 Å². The van der Waals surface area contributed by atoms with E-state index >= 15 is 0 Å². The quantitative estimate of drug-likeness (QED) is 0.825. The lowest BCUT2D eigenvalue weighted by atomic mass is 10.1. The van der Waals surface area contributed by atoms with Gasteiger partial charge in [-0.05, 0) is 25.0 Å². The number of aromatic nitrogens is 3. The standard InChI is InChI=1S/C14H16N4O/c1-11(19)18-8-3-5-13(18)12-4-2-6-14(16-12)17-9-7-15-10-17/h2,4,6-7,9-10,13H,3,5,8H2,1H3/t13-/m0/s1. The summed E-state index contributed by atoms with van der Waals surface area (Å²) in [4.78, 5) is 22.2. The van der Waals surface area contributed by atoms with Crippen molar-refractivity contribution in [3.8, 4) is 5.82 Å². The second-order valence-electron chi connectivity index (χ2n) is 4.76. The molecule has 0 spiro atoms. The van der Waals surface area contributed by atoms with Crippen molar-refractivity contribution in [3.05, 3.63) is 42.6 Å². The van der Waals surface area contributed by atoms with Crippen LogP contribution in [0.15, 0.2) is 36.9 Å². The van der Waals surface area contributed by atoms with Gasteiger partial charge in [0.2, 0.25) is 5.91 Å². The SMILES string of the molecule is CC(=O)N1CCC[C@H]1c1cccc(-n2ccnc2)n1. The van der Waals surface area contributed by atoms with Crippen molar-refractivity contribution in [1.29, 1.82) is 0 Å². The van der Waals surface area contributed by atoms with E-state index in [-0.39, 0.29) is 11.9 Å². The Bertz CT molecular complexity index is 579. The molecule has 1 atom stereocenters. The third-order valence-corrected chi connectivity index (χ3v) is 3.52. The van der Waals surface area contributed by atoms with E-state index in [0.717, 1.165) is 30.9 Å². The predicted molar refractivity (Wildman–Crippen MR) is 70.7 cm³/mol. The van der Waals surface area contributed by atoms with Gasteiger partial charge in [0.05, 0.1) is 11.7 Å². The zero-order chi connectivity index (χ0) is 13.2. The number of imidazole rings is 1. The summed E-state index contributed by atoms with van der Waals surface area (Å²) in [5, 5.41) is 0. The van der Waals surface area contributed by atoms with Crippen molar-refractivity contribution in [2.45, 2.75) is 25.8 Å². The molecule has 19 heavy (non-hydrogen) atoms. The first-order valence-corrected chi connectivity index (χ1v) is 6.48. The summed E-state index contributed by atoms with van der Waals surface area (Å²) < 4.78 is 1.87. The zero-order valence-electron chi connectivity index (χ0n) is 10.9. The zero-order valence-corrected chi connectivity index (χ0v) is 10.9. The van der Waals surface area contributed by atoms with Crippen LogP contribution in [0.2, 0.25) is 0 Å². The van der Waals surface area contributed by atoms with E-state index in [1.807, 2.05) is 33.9 Å². The molecule has 1 aliphatic rings. The second kappa shape index (κ2) is 4.84. The molecule has 1 fully saturated rings. The number of nitrogens with zero attached hydrogens (tertiary/aromatic N) is 4. The minimum absolute atomic E-state index is 0.112. The monoisotopic (exact) mass is 256 g/mol. The van der Waals surface area contributed by atoms with Crippen LogP contribution >= 0.6 is 0 Å². The van der Waals surface area contributed by atoms with Crippen molar-refractivity contribution in [2.24, 2.45) is 0 Å². The number of carbonyl (C=O) groups is 1. The highest BCUT2D eigenvalue weighted by Crippen LogP contribution is 2.30. The first-order valence-electron chi connectivity index (χ1n) is 6.48. The minimum atomic E-state index is 0.112. The fourth-order valence-corrected chi connectivity index (χ4v) is 2.61. The first kappa shape index (κ1) is 11.9. The lowest BCUT2D eigenvalue weighted by Crippen LogP contribution is -2.28. The maximum atomic E-state index is 11.6. The van der Waals surface area contributed by atoms with Gasteiger partial charge in [0.1, 0.15) is 12.1 Å². The molecule has 3 heterocycles. The van der Waals surface area contributed by atoms with Gasteiger partial charge in [-0.3, -0.25) is 9.36 Å². The summed E-state index contributed by atoms with van der Waals surface area (Å²) in [5.74, 6) is 0.961. The third kappa shape index (κ3) is 2.23. The molecule has 98 valence electrons. The van der Waals surface area contributed by atoms with Gasteiger partial charge < -0.3 is 4.90 Å². The molecule has 1 aliphatic heterocycles. The maximum absolute atomic E-state index is 11.6. The summed E-state index contributed by atoms with van der Waals surface area (Å²) in [6, 6.07) is 6.03. The van der Waals surface area contributed by atoms with Crippen LogP contribution in [0.4, 0.5) is 0 Å². The number of hydrogen-bond acceptors (Lipinski definition) is 3. The van der Waals surface area contributed by atoms with E-state index in [9.17, 15) is 4.79 Å². The van der Waals surface area contributed by atoms with Gasteiger partial charge in [-0.1, -0.05) is 6.07 Å². The van der Waals surface area contributed by atoms with Crippen molar-refractivity contribution in [3.63, 3.8) is 0 Å². The molecule has 1 saturated heterocycles. The van der Waals surface area contributed by atoms with Crippen LogP contribution in [-0.2, 0) is 4.79 Å². The van der Waals surface area contributed by atoms with Gasteiger partial charge in [-0.15, -0.1) is 0 Å². The Kier molecular flexibility index (Phi) is 3.03. The van der Waals surface area contributed by atoms with Gasteiger partial charge in [-0.2, -0.15) is 0 Å². The average molecular weight is 256 g/mol. The van der Waals surface area contributed by atoms with E-state index in [4.69, 9.17) is 0 Å². The van der Waals surface area contributed by atoms with Crippen LogP contribution in [0.25, 0.3) is 5.82 Å². The molecule has 0 unspecified atom stereocenters. The van der Waals surface area contributed by atoms with E-state index in [1.165, 1.54) is 0 Å². The molecule has 5 nitrogen and oxygen atoms in total. The van der Waals surface area contributed by atoms with Gasteiger partial charge >= 0.3 is 0 Å². The molecule has 5 heteroatoms. The molecule has 2 aromatic heterocycles. The average Bonchev–Trinajstić information content (AvgIpc) is 3.10. The van der Waals surface area contributed by atoms with Crippen molar-refractivity contribution < 1.29 is 4.79 Å². The highest BCUT2D eigenvalue weighted by atomic mass is 16.2. The van der Waals surface area contributed by atoms with Crippen LogP contribution in [0.1, 0.15) is 31.5 Å². The number of amides is 1. The molecule has 0 aliphatic carbocycles. The number of likely N-dealkylation sites (tertiary alicyclic amines) is 1. The third-order valence-electron chi connectivity index (χ3n) is 3.52. The Hall–Kier alpha value is -2.17. The maximum Gasteiger partial charge on any atom is 0.220 e. The lowest BCUT2D eigenvalue weighted by molar-refractivity contribution is -0.129. The van der Waals surface area contributed by atoms with Crippen molar-refractivity contribution in [2.75, 3.05) is 6.54 Å². The molecule has 2 aromatic rings. The summed E-state index contributed by atoms with van der Waals surface area (Å²) in [7, 11) is 0. The predicted octanol–water partition coefficient (Wildman–Crippen LogP) is 1.95. The van der Waals surface area contributed by atoms with E-state index in [0.29, 0.717) is 0 Å². The summed E-state index contributed by atoms with van der Waals surface area (Å²) in [6.45, 7) is 2.45. The number of pyridine rings is 1. The van der Waals surface area contributed by atoms with Crippen molar-refractivity contribution >= 4 is 5.91 Å². The Labute approximate surface area is 111 Å². The minimum Gasteiger partial charge on any atom is -0.334 e. The first-order chi connectivity index (χ1) is 9.25. The highest BCUT2D eigenvalue weighted by Gasteiger charge is 2.28. The topological polar surface area (TPSA) is 51.0 Å². The summed E-state index contributed by atoms with van der Waals surface area (Å²) >= 11 is 0. The van der Waals surface area contributed by atoms with Gasteiger partial charge in [0, 0.05) is 25.9 Å². The van der Waals surface area contributed by atoms with Crippen LogP contribution in [0, 0.1) is 0 Å². The van der Waals surface area contributed by atoms with Crippen molar-refractivity contribution in [1.82, 2.24) is 19.4 Å². The van der Waals surface area contributed by atoms with Gasteiger partial charge in [0.15, 0.2) is 0 Å². The Balaban J connectivity index is 1.93. The largest absolute Gasteiger partial charge is 0.334 e. The number of carbonyl (C=O) groups excluding carboxylic acids is 1. The van der Waals surface area contributed by atoms with E-state index < -0.39 is 0 Å². The molecule has 1 amide bonds. The van der Waals surface area contributed by atoms with Gasteiger partial charge in [-0.25, -0.2) is 9.97 Å². The summed E-state index contributed by atoms with van der Waals surface area (Å²) in [5.41, 5.74) is 0.957. The normalized spacial score (nSPS) is 18.8. The van der Waals surface area contributed by atoms with Crippen LogP contribution in [0.5, 0.6) is 0 Å². The Morgan fingerprint density at radius 3 is 3.05 bits per heavy atom. The molecular weight excluding hydrogens is 240 g/mol. The molecule has 0 saturated carbocycles. The molecule has 0 bridgehead atoms. The molecule has 0 radical (unpaired) electrons. The fraction of sp³-hybridized carbons (Fsp3) is 0.357. The van der Waals surface area contributed by atoms with Crippen LogP contribution in [0.3, 0.4) is 0 Å². The second-order valence-corrected chi connectivity index (χ2v) is 4.76.